The number of hydrogen-bond acceptors (Lipinski definition) is 3. The number of nitrogens with two attached hydrogens (primary N) is 1. The summed E-state index contributed by atoms with van der Waals surface area (Å²) < 4.78 is 5.49. The van der Waals surface area contributed by atoms with E-state index in [-0.39, 0.29) is 6.61 Å². The molecule has 0 bridgehead atoms. The molecule has 0 aliphatic heterocycles. The number of benzene rings is 2. The van der Waals surface area contributed by atoms with Crippen molar-refractivity contribution in [1.82, 2.24) is 5.32 Å². The van der Waals surface area contributed by atoms with Gasteiger partial charge in [-0.1, -0.05) is 37.3 Å². The maximum absolute atomic E-state index is 10.8. The van der Waals surface area contributed by atoms with Gasteiger partial charge in [-0.05, 0) is 23.4 Å². The summed E-state index contributed by atoms with van der Waals surface area (Å²) in [4.78, 5) is 10.8. The predicted octanol–water partition coefficient (Wildman–Crippen LogP) is 1.81. The molecule has 0 saturated heterocycles. The maximum Gasteiger partial charge on any atom is 0.255 e. The number of amides is 1. The average molecular weight is 258 g/mol. The number of nitrogens with one attached hydrogen (secondary N) is 1. The Morgan fingerprint density at radius 2 is 2.05 bits per heavy atom. The van der Waals surface area contributed by atoms with E-state index in [0.29, 0.717) is 12.3 Å². The first-order valence-electron chi connectivity index (χ1n) is 6.34. The number of carbonyl (C=O) groups is 1. The lowest BCUT2D eigenvalue weighted by atomic mass is 10.0. The zero-order valence-electron chi connectivity index (χ0n) is 11.0. The van der Waals surface area contributed by atoms with E-state index in [1.165, 1.54) is 0 Å². The first kappa shape index (κ1) is 13.4. The molecule has 0 heterocycles. The highest BCUT2D eigenvalue weighted by molar-refractivity contribution is 5.88. The lowest BCUT2D eigenvalue weighted by Gasteiger charge is -2.13. The molecule has 1 amide bonds. The normalized spacial score (nSPS) is 10.6. The van der Waals surface area contributed by atoms with Crippen LogP contribution < -0.4 is 15.8 Å². The summed E-state index contributed by atoms with van der Waals surface area (Å²) in [6.07, 6.45) is 0. The first-order valence-corrected chi connectivity index (χ1v) is 6.34. The molecule has 19 heavy (non-hydrogen) atoms. The fraction of sp³-hybridized carbons (Fsp3) is 0.267. The summed E-state index contributed by atoms with van der Waals surface area (Å²) in [7, 11) is 0. The molecule has 0 aromatic heterocycles. The second-order valence-electron chi connectivity index (χ2n) is 4.30. The maximum atomic E-state index is 10.8. The van der Waals surface area contributed by atoms with Crippen molar-refractivity contribution in [2.45, 2.75) is 13.5 Å². The van der Waals surface area contributed by atoms with Gasteiger partial charge < -0.3 is 15.8 Å². The van der Waals surface area contributed by atoms with E-state index in [2.05, 4.69) is 24.4 Å². The molecule has 0 radical (unpaired) electrons. The Hall–Kier alpha value is -2.07. The highest BCUT2D eigenvalue weighted by atomic mass is 16.5. The molecule has 2 rings (SSSR count). The van der Waals surface area contributed by atoms with Crippen molar-refractivity contribution in [3.8, 4) is 5.75 Å². The van der Waals surface area contributed by atoms with Gasteiger partial charge in [0, 0.05) is 12.1 Å². The monoisotopic (exact) mass is 258 g/mol. The third-order valence-corrected chi connectivity index (χ3v) is 2.92. The highest BCUT2D eigenvalue weighted by Crippen LogP contribution is 2.28. The molecular formula is C15H18N2O2. The Bertz CT molecular complexity index is 581. The topological polar surface area (TPSA) is 64.3 Å². The van der Waals surface area contributed by atoms with Crippen molar-refractivity contribution < 1.29 is 9.53 Å². The van der Waals surface area contributed by atoms with Crippen LogP contribution in [0.5, 0.6) is 5.75 Å². The van der Waals surface area contributed by atoms with Crippen molar-refractivity contribution >= 4 is 16.7 Å². The molecule has 0 fully saturated rings. The molecule has 0 aliphatic carbocycles. The smallest absolute Gasteiger partial charge is 0.255 e. The van der Waals surface area contributed by atoms with Crippen molar-refractivity contribution in [2.75, 3.05) is 13.2 Å². The molecule has 2 aromatic rings. The minimum Gasteiger partial charge on any atom is -0.483 e. The summed E-state index contributed by atoms with van der Waals surface area (Å²) in [5.74, 6) is 0.237. The van der Waals surface area contributed by atoms with Gasteiger partial charge in [-0.15, -0.1) is 0 Å². The first-order chi connectivity index (χ1) is 9.22. The van der Waals surface area contributed by atoms with Crippen LogP contribution in [0.15, 0.2) is 36.4 Å². The van der Waals surface area contributed by atoms with Crippen molar-refractivity contribution in [1.29, 1.82) is 0 Å². The third kappa shape index (κ3) is 3.23. The molecule has 100 valence electrons. The SMILES string of the molecule is CCNCc1c(OCC(N)=O)ccc2ccccc12. The van der Waals surface area contributed by atoms with E-state index in [4.69, 9.17) is 10.5 Å². The molecule has 2 aromatic carbocycles. The van der Waals surface area contributed by atoms with Crippen LogP contribution in [0.25, 0.3) is 10.8 Å². The highest BCUT2D eigenvalue weighted by Gasteiger charge is 2.09. The minimum atomic E-state index is -0.470. The van der Waals surface area contributed by atoms with E-state index >= 15 is 0 Å². The fourth-order valence-electron chi connectivity index (χ4n) is 2.03. The van der Waals surface area contributed by atoms with Gasteiger partial charge in [0.05, 0.1) is 0 Å². The van der Waals surface area contributed by atoms with Crippen LogP contribution >= 0.6 is 0 Å². The largest absolute Gasteiger partial charge is 0.483 e. The lowest BCUT2D eigenvalue weighted by Crippen LogP contribution is -2.21. The quantitative estimate of drug-likeness (QED) is 0.830. The predicted molar refractivity (Wildman–Crippen MR) is 76.0 cm³/mol. The molecule has 4 heteroatoms. The van der Waals surface area contributed by atoms with Crippen LogP contribution in [-0.4, -0.2) is 19.1 Å². The van der Waals surface area contributed by atoms with Crippen LogP contribution in [-0.2, 0) is 11.3 Å². The summed E-state index contributed by atoms with van der Waals surface area (Å²) >= 11 is 0. The Labute approximate surface area is 112 Å². The fourth-order valence-corrected chi connectivity index (χ4v) is 2.03. The van der Waals surface area contributed by atoms with Crippen molar-refractivity contribution in [2.24, 2.45) is 5.73 Å². The van der Waals surface area contributed by atoms with Crippen LogP contribution in [0.3, 0.4) is 0 Å². The number of carbonyl (C=O) groups excluding carboxylic acids is 1. The summed E-state index contributed by atoms with van der Waals surface area (Å²) in [6.45, 7) is 3.52. The van der Waals surface area contributed by atoms with Crippen molar-refractivity contribution in [3.05, 3.63) is 42.0 Å². The van der Waals surface area contributed by atoms with Crippen LogP contribution in [0.4, 0.5) is 0 Å². The Morgan fingerprint density at radius 3 is 2.79 bits per heavy atom. The molecule has 0 spiro atoms. The summed E-state index contributed by atoms with van der Waals surface area (Å²) in [5, 5.41) is 5.57. The van der Waals surface area contributed by atoms with Gasteiger partial charge >= 0.3 is 0 Å². The van der Waals surface area contributed by atoms with Gasteiger partial charge in [-0.2, -0.15) is 0 Å². The molecule has 0 unspecified atom stereocenters. The second-order valence-corrected chi connectivity index (χ2v) is 4.30. The van der Waals surface area contributed by atoms with Crippen LogP contribution in [0, 0.1) is 0 Å². The van der Waals surface area contributed by atoms with Crippen LogP contribution in [0.2, 0.25) is 0 Å². The zero-order chi connectivity index (χ0) is 13.7. The number of primary amides is 1. The van der Waals surface area contributed by atoms with E-state index in [1.807, 2.05) is 24.3 Å². The Balaban J connectivity index is 2.40. The molecule has 0 aliphatic rings. The third-order valence-electron chi connectivity index (χ3n) is 2.92. The molecule has 0 saturated carbocycles. The Kier molecular flexibility index (Phi) is 4.36. The van der Waals surface area contributed by atoms with E-state index in [0.717, 1.165) is 22.9 Å². The minimum absolute atomic E-state index is 0.0997. The van der Waals surface area contributed by atoms with Crippen LogP contribution in [0.1, 0.15) is 12.5 Å². The molecule has 4 nitrogen and oxygen atoms in total. The molecule has 0 atom stereocenters. The zero-order valence-corrected chi connectivity index (χ0v) is 11.0. The molecular weight excluding hydrogens is 240 g/mol. The van der Waals surface area contributed by atoms with Gasteiger partial charge in [-0.25, -0.2) is 0 Å². The summed E-state index contributed by atoms with van der Waals surface area (Å²) in [6, 6.07) is 12.0. The van der Waals surface area contributed by atoms with Crippen molar-refractivity contribution in [3.63, 3.8) is 0 Å². The van der Waals surface area contributed by atoms with E-state index in [9.17, 15) is 4.79 Å². The number of ether oxygens (including phenoxy) is 1. The van der Waals surface area contributed by atoms with E-state index in [1.54, 1.807) is 0 Å². The standard InChI is InChI=1S/C15H18N2O2/c1-2-17-9-13-12-6-4-3-5-11(12)7-8-14(13)19-10-15(16)18/h3-8,17H,2,9-10H2,1H3,(H2,16,18). The molecule has 3 N–H and O–H groups in total. The Morgan fingerprint density at radius 1 is 1.26 bits per heavy atom. The van der Waals surface area contributed by atoms with Gasteiger partial charge in [0.15, 0.2) is 6.61 Å². The lowest BCUT2D eigenvalue weighted by molar-refractivity contribution is -0.119. The average Bonchev–Trinajstić information content (AvgIpc) is 2.43. The van der Waals surface area contributed by atoms with Gasteiger partial charge in [-0.3, -0.25) is 4.79 Å². The van der Waals surface area contributed by atoms with E-state index < -0.39 is 5.91 Å². The number of fused-ring (bicyclic) bond motifs is 1. The van der Waals surface area contributed by atoms with Gasteiger partial charge in [0.2, 0.25) is 0 Å². The van der Waals surface area contributed by atoms with Gasteiger partial charge in [0.25, 0.3) is 5.91 Å². The second kappa shape index (κ2) is 6.20. The number of rotatable bonds is 6. The number of hydrogen-bond donors (Lipinski definition) is 2. The summed E-state index contributed by atoms with van der Waals surface area (Å²) in [5.41, 5.74) is 6.18. The van der Waals surface area contributed by atoms with Gasteiger partial charge in [0.1, 0.15) is 5.75 Å².